The molecule has 0 aliphatic heterocycles. The first-order chi connectivity index (χ1) is 8.04. The lowest BCUT2D eigenvalue weighted by Crippen LogP contribution is -2.04. The number of rotatable bonds is 2. The molecular weight excluding hydrogens is 248 g/mol. The summed E-state index contributed by atoms with van der Waals surface area (Å²) in [6, 6.07) is 2.96. The number of carboxylic acids is 1. The molecule has 0 fully saturated rings. The van der Waals surface area contributed by atoms with Gasteiger partial charge in [-0.3, -0.25) is 4.40 Å². The number of pyridine rings is 1. The second-order valence-corrected chi connectivity index (χ2v) is 3.62. The van der Waals surface area contributed by atoms with E-state index in [4.69, 9.17) is 16.7 Å². The van der Waals surface area contributed by atoms with E-state index in [2.05, 4.69) is 9.72 Å². The molecule has 7 heteroatoms. The Hall–Kier alpha value is -2.08. The van der Waals surface area contributed by atoms with Crippen LogP contribution in [0.1, 0.15) is 21.1 Å². The second-order valence-electron chi connectivity index (χ2n) is 3.18. The highest BCUT2D eigenvalue weighted by molar-refractivity contribution is 6.31. The number of ether oxygens (including phenoxy) is 1. The van der Waals surface area contributed by atoms with Gasteiger partial charge in [0.05, 0.1) is 12.6 Å². The van der Waals surface area contributed by atoms with Gasteiger partial charge in [-0.2, -0.15) is 0 Å². The van der Waals surface area contributed by atoms with Gasteiger partial charge >= 0.3 is 11.9 Å². The zero-order valence-corrected chi connectivity index (χ0v) is 9.43. The Kier molecular flexibility index (Phi) is 2.72. The van der Waals surface area contributed by atoms with E-state index in [1.807, 2.05) is 0 Å². The van der Waals surface area contributed by atoms with Crippen molar-refractivity contribution in [1.82, 2.24) is 9.38 Å². The molecule has 2 heterocycles. The zero-order chi connectivity index (χ0) is 12.6. The molecule has 0 unspecified atom stereocenters. The van der Waals surface area contributed by atoms with Crippen molar-refractivity contribution in [3.05, 3.63) is 34.9 Å². The second kappa shape index (κ2) is 4.06. The van der Waals surface area contributed by atoms with Crippen molar-refractivity contribution in [3.8, 4) is 0 Å². The van der Waals surface area contributed by atoms with Crippen molar-refractivity contribution in [2.24, 2.45) is 0 Å². The highest BCUT2D eigenvalue weighted by Crippen LogP contribution is 2.18. The Bertz CT molecular complexity index is 620. The minimum atomic E-state index is -1.24. The van der Waals surface area contributed by atoms with Crippen molar-refractivity contribution >= 4 is 29.1 Å². The van der Waals surface area contributed by atoms with Crippen LogP contribution < -0.4 is 0 Å². The van der Waals surface area contributed by atoms with E-state index in [9.17, 15) is 9.59 Å². The number of esters is 1. The number of carbonyl (C=O) groups excluding carboxylic acids is 1. The van der Waals surface area contributed by atoms with Crippen LogP contribution in [0.25, 0.3) is 5.52 Å². The third-order valence-electron chi connectivity index (χ3n) is 2.18. The number of carbonyl (C=O) groups is 2. The molecule has 2 aromatic heterocycles. The predicted octanol–water partition coefficient (Wildman–Crippen LogP) is 1.47. The van der Waals surface area contributed by atoms with E-state index in [0.29, 0.717) is 10.5 Å². The van der Waals surface area contributed by atoms with Crippen LogP contribution in [0.3, 0.4) is 0 Å². The summed E-state index contributed by atoms with van der Waals surface area (Å²) in [5, 5.41) is 9.33. The summed E-state index contributed by atoms with van der Waals surface area (Å²) in [7, 11) is 1.19. The van der Waals surface area contributed by atoms with Crippen LogP contribution in [-0.2, 0) is 4.74 Å². The third kappa shape index (κ3) is 1.83. The lowest BCUT2D eigenvalue weighted by molar-refractivity contribution is 0.0597. The summed E-state index contributed by atoms with van der Waals surface area (Å²) in [5.74, 6) is -2.22. The van der Waals surface area contributed by atoms with Crippen molar-refractivity contribution < 1.29 is 19.4 Å². The zero-order valence-electron chi connectivity index (χ0n) is 8.68. The van der Waals surface area contributed by atoms with Gasteiger partial charge in [0.2, 0.25) is 5.82 Å². The molecule has 2 aromatic rings. The maximum absolute atomic E-state index is 11.4. The molecule has 0 spiro atoms. The number of carboxylic acid groups (broad SMARTS) is 1. The van der Waals surface area contributed by atoms with Crippen LogP contribution >= 0.6 is 11.6 Å². The molecular formula is C10H7ClN2O4. The van der Waals surface area contributed by atoms with Crippen LogP contribution in [0.5, 0.6) is 0 Å². The first kappa shape index (κ1) is 11.4. The van der Waals surface area contributed by atoms with Crippen LogP contribution in [0.15, 0.2) is 18.3 Å². The molecule has 88 valence electrons. The predicted molar refractivity (Wildman–Crippen MR) is 58.5 cm³/mol. The first-order valence-electron chi connectivity index (χ1n) is 4.54. The summed E-state index contributed by atoms with van der Waals surface area (Å²) in [6.45, 7) is 0. The van der Waals surface area contributed by atoms with E-state index in [1.165, 1.54) is 29.8 Å². The monoisotopic (exact) mass is 254 g/mol. The third-order valence-corrected chi connectivity index (χ3v) is 2.41. The van der Waals surface area contributed by atoms with E-state index < -0.39 is 11.9 Å². The molecule has 0 aromatic carbocycles. The highest BCUT2D eigenvalue weighted by Gasteiger charge is 2.21. The number of methoxy groups -OCH3 is 1. The Morgan fingerprint density at radius 2 is 2.24 bits per heavy atom. The topological polar surface area (TPSA) is 80.9 Å². The van der Waals surface area contributed by atoms with Gasteiger partial charge in [-0.15, -0.1) is 0 Å². The molecule has 0 amide bonds. The fourth-order valence-electron chi connectivity index (χ4n) is 1.46. The van der Waals surface area contributed by atoms with Crippen LogP contribution in [-0.4, -0.2) is 33.5 Å². The average Bonchev–Trinajstić information content (AvgIpc) is 2.66. The van der Waals surface area contributed by atoms with Gasteiger partial charge in [-0.25, -0.2) is 14.6 Å². The summed E-state index contributed by atoms with van der Waals surface area (Å²) < 4.78 is 5.79. The quantitative estimate of drug-likeness (QED) is 0.821. The maximum atomic E-state index is 11.4. The molecule has 0 aliphatic rings. The minimum absolute atomic E-state index is 0.0765. The van der Waals surface area contributed by atoms with E-state index in [-0.39, 0.29) is 11.5 Å². The molecule has 0 radical (unpaired) electrons. The number of hydrogen-bond acceptors (Lipinski definition) is 4. The molecule has 0 saturated heterocycles. The first-order valence-corrected chi connectivity index (χ1v) is 4.91. The highest BCUT2D eigenvalue weighted by atomic mass is 35.5. The molecule has 6 nitrogen and oxygen atoms in total. The number of imidazole rings is 1. The Labute approximate surface area is 100 Å². The van der Waals surface area contributed by atoms with Crippen molar-refractivity contribution in [2.75, 3.05) is 7.11 Å². The molecule has 0 aliphatic carbocycles. The van der Waals surface area contributed by atoms with Crippen LogP contribution in [0.4, 0.5) is 0 Å². The fraction of sp³-hybridized carbons (Fsp3) is 0.100. The number of aromatic carboxylic acids is 1. The number of aromatic nitrogens is 2. The Morgan fingerprint density at radius 1 is 1.53 bits per heavy atom. The van der Waals surface area contributed by atoms with Crippen LogP contribution in [0.2, 0.25) is 5.02 Å². The van der Waals surface area contributed by atoms with Crippen molar-refractivity contribution in [3.63, 3.8) is 0 Å². The van der Waals surface area contributed by atoms with E-state index in [1.54, 1.807) is 0 Å². The molecule has 0 saturated carbocycles. The van der Waals surface area contributed by atoms with E-state index in [0.717, 1.165) is 0 Å². The lowest BCUT2D eigenvalue weighted by Gasteiger charge is -1.98. The van der Waals surface area contributed by atoms with Crippen molar-refractivity contribution in [2.45, 2.75) is 0 Å². The van der Waals surface area contributed by atoms with Gasteiger partial charge in [-0.1, -0.05) is 11.6 Å². The average molecular weight is 255 g/mol. The molecule has 0 bridgehead atoms. The number of halogens is 1. The van der Waals surface area contributed by atoms with Crippen molar-refractivity contribution in [1.29, 1.82) is 0 Å². The summed E-state index contributed by atoms with van der Waals surface area (Å²) >= 11 is 5.79. The molecule has 0 atom stereocenters. The fourth-order valence-corrected chi connectivity index (χ4v) is 1.62. The van der Waals surface area contributed by atoms with Gasteiger partial charge in [0, 0.05) is 11.2 Å². The minimum Gasteiger partial charge on any atom is -0.475 e. The molecule has 17 heavy (non-hydrogen) atoms. The summed E-state index contributed by atoms with van der Waals surface area (Å²) in [4.78, 5) is 26.1. The Balaban J connectivity index is 2.80. The standard InChI is InChI=1S/C10H7ClN2O4/c1-17-10(16)7-6-4-5(11)2-3-13(6)8(12-7)9(14)15/h2-4H,1H3,(H,14,15). The Morgan fingerprint density at radius 3 is 2.82 bits per heavy atom. The summed E-state index contributed by atoms with van der Waals surface area (Å²) in [6.07, 6.45) is 1.43. The molecule has 2 rings (SSSR count). The maximum Gasteiger partial charge on any atom is 0.372 e. The van der Waals surface area contributed by atoms with Gasteiger partial charge in [0.25, 0.3) is 0 Å². The van der Waals surface area contributed by atoms with Gasteiger partial charge in [0.15, 0.2) is 5.69 Å². The van der Waals surface area contributed by atoms with Gasteiger partial charge < -0.3 is 9.84 Å². The van der Waals surface area contributed by atoms with Crippen LogP contribution in [0, 0.1) is 0 Å². The normalized spacial score (nSPS) is 10.5. The molecule has 1 N–H and O–H groups in total. The number of fused-ring (bicyclic) bond motifs is 1. The lowest BCUT2D eigenvalue weighted by atomic mass is 10.3. The smallest absolute Gasteiger partial charge is 0.372 e. The SMILES string of the molecule is COC(=O)c1nc(C(=O)O)n2ccc(Cl)cc12. The van der Waals surface area contributed by atoms with E-state index >= 15 is 0 Å². The number of hydrogen-bond donors (Lipinski definition) is 1. The van der Waals surface area contributed by atoms with Gasteiger partial charge in [0.1, 0.15) is 0 Å². The number of nitrogens with zero attached hydrogens (tertiary/aromatic N) is 2. The van der Waals surface area contributed by atoms with Gasteiger partial charge in [-0.05, 0) is 12.1 Å². The summed E-state index contributed by atoms with van der Waals surface area (Å²) in [5.41, 5.74) is 0.217. The largest absolute Gasteiger partial charge is 0.475 e.